The summed E-state index contributed by atoms with van der Waals surface area (Å²) in [6, 6.07) is 4.90. The van der Waals surface area contributed by atoms with Gasteiger partial charge >= 0.3 is 0 Å². The first-order valence-electron chi connectivity index (χ1n) is 5.33. The molecule has 5 nitrogen and oxygen atoms in total. The number of H-pyrrole nitrogens is 1. The summed E-state index contributed by atoms with van der Waals surface area (Å²) in [6.45, 7) is 0.179. The van der Waals surface area contributed by atoms with Gasteiger partial charge in [-0.15, -0.1) is 0 Å². The van der Waals surface area contributed by atoms with E-state index in [1.807, 2.05) is 0 Å². The number of aromatic amines is 1. The van der Waals surface area contributed by atoms with Crippen LogP contribution < -0.4 is 16.0 Å². The van der Waals surface area contributed by atoms with E-state index in [0.29, 0.717) is 28.6 Å². The van der Waals surface area contributed by atoms with Gasteiger partial charge in [-0.25, -0.2) is 4.39 Å². The van der Waals surface area contributed by atoms with Crippen LogP contribution in [0.25, 0.3) is 10.9 Å². The molecule has 1 heterocycles. The lowest BCUT2D eigenvalue weighted by Crippen LogP contribution is -2.11. The van der Waals surface area contributed by atoms with E-state index in [2.05, 4.69) is 9.97 Å². The maximum Gasteiger partial charge on any atom is 0.280 e. The minimum atomic E-state index is -0.304. The molecule has 1 aromatic carbocycles. The maximum absolute atomic E-state index is 12.3. The molecule has 0 aliphatic heterocycles. The zero-order valence-electron chi connectivity index (χ0n) is 9.52. The first-order chi connectivity index (χ1) is 8.74. The van der Waals surface area contributed by atoms with E-state index in [9.17, 15) is 9.18 Å². The van der Waals surface area contributed by atoms with Gasteiger partial charge in [0.25, 0.3) is 5.56 Å². The molecule has 0 radical (unpaired) electrons. The van der Waals surface area contributed by atoms with Gasteiger partial charge in [-0.2, -0.15) is 4.98 Å². The van der Waals surface area contributed by atoms with Crippen LogP contribution in [0.15, 0.2) is 41.2 Å². The third-order valence-corrected chi connectivity index (χ3v) is 2.46. The summed E-state index contributed by atoms with van der Waals surface area (Å²) in [5.74, 6) is 0.525. The number of nitrogens with one attached hydrogen (secondary N) is 1. The fourth-order valence-electron chi connectivity index (χ4n) is 1.46. The zero-order chi connectivity index (χ0) is 13.0. The molecule has 3 N–H and O–H groups in total. The number of nitrogens with two attached hydrogens (primary N) is 1. The fourth-order valence-corrected chi connectivity index (χ4v) is 1.46. The van der Waals surface area contributed by atoms with Crippen molar-refractivity contribution in [1.29, 1.82) is 0 Å². The molecule has 0 aliphatic carbocycles. The third kappa shape index (κ3) is 2.54. The van der Waals surface area contributed by atoms with Gasteiger partial charge in [0.15, 0.2) is 0 Å². The number of fused-ring (bicyclic) bond motifs is 1. The van der Waals surface area contributed by atoms with Crippen LogP contribution in [0, 0.1) is 0 Å². The molecular formula is C12H12FN3O2. The van der Waals surface area contributed by atoms with Crippen molar-refractivity contribution >= 4 is 10.9 Å². The van der Waals surface area contributed by atoms with Crippen LogP contribution in [0.4, 0.5) is 4.39 Å². The first-order valence-corrected chi connectivity index (χ1v) is 5.33. The van der Waals surface area contributed by atoms with Crippen LogP contribution in [0.1, 0.15) is 0 Å². The van der Waals surface area contributed by atoms with Gasteiger partial charge in [0.05, 0.1) is 23.6 Å². The zero-order valence-corrected chi connectivity index (χ0v) is 9.52. The second kappa shape index (κ2) is 5.42. The highest BCUT2D eigenvalue weighted by Gasteiger charge is 2.02. The Balaban J connectivity index is 2.23. The molecule has 2 rings (SSSR count). The van der Waals surface area contributed by atoms with Crippen molar-refractivity contribution in [3.8, 4) is 5.75 Å². The van der Waals surface area contributed by atoms with Gasteiger partial charge in [-0.05, 0) is 12.1 Å². The number of benzene rings is 1. The monoisotopic (exact) mass is 249 g/mol. The molecule has 94 valence electrons. The second-order valence-electron chi connectivity index (χ2n) is 3.68. The third-order valence-electron chi connectivity index (χ3n) is 2.46. The molecule has 0 amide bonds. The van der Waals surface area contributed by atoms with E-state index in [1.165, 1.54) is 6.33 Å². The predicted molar refractivity (Wildman–Crippen MR) is 66.1 cm³/mol. The Hall–Kier alpha value is -2.21. The second-order valence-corrected chi connectivity index (χ2v) is 3.68. The number of aromatic nitrogens is 2. The van der Waals surface area contributed by atoms with E-state index in [-0.39, 0.29) is 18.7 Å². The van der Waals surface area contributed by atoms with Gasteiger partial charge < -0.3 is 15.5 Å². The topological polar surface area (TPSA) is 81.0 Å². The summed E-state index contributed by atoms with van der Waals surface area (Å²) in [5, 5.41) is 0.477. The van der Waals surface area contributed by atoms with Crippen molar-refractivity contribution in [2.24, 2.45) is 5.73 Å². The lowest BCUT2D eigenvalue weighted by molar-refractivity contribution is 0.348. The van der Waals surface area contributed by atoms with Crippen LogP contribution in [-0.2, 0) is 0 Å². The summed E-state index contributed by atoms with van der Waals surface area (Å²) in [5.41, 5.74) is 5.99. The Morgan fingerprint density at radius 1 is 1.56 bits per heavy atom. The van der Waals surface area contributed by atoms with Crippen LogP contribution in [0.5, 0.6) is 5.75 Å². The van der Waals surface area contributed by atoms with Crippen molar-refractivity contribution in [2.75, 3.05) is 13.2 Å². The van der Waals surface area contributed by atoms with E-state index in [1.54, 1.807) is 18.2 Å². The SMILES string of the molecule is NC/C(=C/F)COc1ccc2c(=O)nc[nH]c2c1. The van der Waals surface area contributed by atoms with Crippen molar-refractivity contribution in [2.45, 2.75) is 0 Å². The van der Waals surface area contributed by atoms with Gasteiger partial charge in [-0.3, -0.25) is 4.79 Å². The van der Waals surface area contributed by atoms with Crippen LogP contribution >= 0.6 is 0 Å². The normalized spacial score (nSPS) is 11.8. The molecule has 0 spiro atoms. The summed E-state index contributed by atoms with van der Waals surface area (Å²) in [4.78, 5) is 17.9. The smallest absolute Gasteiger partial charge is 0.280 e. The van der Waals surface area contributed by atoms with Crippen molar-refractivity contribution < 1.29 is 9.13 Å². The summed E-state index contributed by atoms with van der Waals surface area (Å²) in [7, 11) is 0. The maximum atomic E-state index is 12.3. The van der Waals surface area contributed by atoms with Gasteiger partial charge in [0.2, 0.25) is 0 Å². The number of hydrogen-bond acceptors (Lipinski definition) is 4. The number of ether oxygens (including phenoxy) is 1. The predicted octanol–water partition coefficient (Wildman–Crippen LogP) is 1.11. The number of hydrogen-bond donors (Lipinski definition) is 2. The van der Waals surface area contributed by atoms with Gasteiger partial charge in [0.1, 0.15) is 12.4 Å². The highest BCUT2D eigenvalue weighted by molar-refractivity contribution is 5.78. The molecular weight excluding hydrogens is 237 g/mol. The fraction of sp³-hybridized carbons (Fsp3) is 0.167. The Morgan fingerprint density at radius 2 is 2.39 bits per heavy atom. The molecule has 0 fully saturated rings. The molecule has 0 atom stereocenters. The average Bonchev–Trinajstić information content (AvgIpc) is 2.40. The van der Waals surface area contributed by atoms with Crippen LogP contribution in [0.2, 0.25) is 0 Å². The molecule has 0 saturated heterocycles. The molecule has 0 saturated carbocycles. The molecule has 0 bridgehead atoms. The minimum absolute atomic E-state index is 0.0772. The standard InChI is InChI=1S/C12H12FN3O2/c13-4-8(5-14)6-18-9-1-2-10-11(3-9)15-7-16-12(10)17/h1-4,7H,5-6,14H2,(H,15,16,17)/b8-4-. The highest BCUT2D eigenvalue weighted by Crippen LogP contribution is 2.16. The summed E-state index contributed by atoms with van der Waals surface area (Å²) in [6.07, 6.45) is 1.76. The molecule has 2 aromatic rings. The minimum Gasteiger partial charge on any atom is -0.489 e. The quantitative estimate of drug-likeness (QED) is 0.850. The lowest BCUT2D eigenvalue weighted by Gasteiger charge is -2.07. The Bertz CT molecular complexity index is 637. The van der Waals surface area contributed by atoms with Gasteiger partial charge in [-0.1, -0.05) is 0 Å². The Labute approximate surface area is 102 Å². The van der Waals surface area contributed by atoms with Crippen molar-refractivity contribution in [3.05, 3.63) is 46.8 Å². The van der Waals surface area contributed by atoms with Crippen molar-refractivity contribution in [1.82, 2.24) is 9.97 Å². The van der Waals surface area contributed by atoms with Crippen molar-refractivity contribution in [3.63, 3.8) is 0 Å². The van der Waals surface area contributed by atoms with E-state index < -0.39 is 0 Å². The number of nitrogens with zero attached hydrogens (tertiary/aromatic N) is 1. The first kappa shape index (κ1) is 12.3. The molecule has 0 aliphatic rings. The van der Waals surface area contributed by atoms with E-state index in [4.69, 9.17) is 10.5 Å². The molecule has 18 heavy (non-hydrogen) atoms. The Morgan fingerprint density at radius 3 is 3.11 bits per heavy atom. The largest absolute Gasteiger partial charge is 0.489 e. The lowest BCUT2D eigenvalue weighted by atomic mass is 10.2. The Kier molecular flexibility index (Phi) is 3.69. The van der Waals surface area contributed by atoms with E-state index in [0.717, 1.165) is 0 Å². The van der Waals surface area contributed by atoms with Crippen LogP contribution in [0.3, 0.4) is 0 Å². The van der Waals surface area contributed by atoms with Gasteiger partial charge in [0, 0.05) is 18.2 Å². The molecule has 0 unspecified atom stereocenters. The summed E-state index contributed by atoms with van der Waals surface area (Å²) >= 11 is 0. The molecule has 1 aromatic heterocycles. The number of halogens is 1. The number of rotatable bonds is 4. The molecule has 6 heteroatoms. The summed E-state index contributed by atoms with van der Waals surface area (Å²) < 4.78 is 17.7. The van der Waals surface area contributed by atoms with Crippen LogP contribution in [-0.4, -0.2) is 23.1 Å². The highest BCUT2D eigenvalue weighted by atomic mass is 19.1. The average molecular weight is 249 g/mol. The van der Waals surface area contributed by atoms with E-state index >= 15 is 0 Å².